The topological polar surface area (TPSA) is 115 Å². The summed E-state index contributed by atoms with van der Waals surface area (Å²) in [6.45, 7) is 1.58. The summed E-state index contributed by atoms with van der Waals surface area (Å²) in [5.74, 6) is 1.44. The average molecular weight is 457 g/mol. The van der Waals surface area contributed by atoms with Gasteiger partial charge in [-0.3, -0.25) is 9.20 Å². The molecule has 0 radical (unpaired) electrons. The van der Waals surface area contributed by atoms with Gasteiger partial charge in [0.25, 0.3) is 11.8 Å². The van der Waals surface area contributed by atoms with Crippen molar-refractivity contribution in [3.63, 3.8) is 0 Å². The molecule has 168 valence electrons. The van der Waals surface area contributed by atoms with E-state index in [0.717, 1.165) is 6.26 Å². The zero-order valence-corrected chi connectivity index (χ0v) is 16.8. The van der Waals surface area contributed by atoms with Gasteiger partial charge < -0.3 is 19.7 Å². The lowest BCUT2D eigenvalue weighted by atomic mass is 10.1. The number of terminal acetylenes is 1. The second-order valence-electron chi connectivity index (χ2n) is 6.77. The van der Waals surface area contributed by atoms with Crippen LogP contribution < -0.4 is 10.1 Å². The first-order valence-corrected chi connectivity index (χ1v) is 9.27. The van der Waals surface area contributed by atoms with Crippen molar-refractivity contribution in [2.75, 3.05) is 6.54 Å². The van der Waals surface area contributed by atoms with E-state index in [1.807, 2.05) is 0 Å². The molecule has 0 aliphatic rings. The molecule has 0 fully saturated rings. The second-order valence-corrected chi connectivity index (χ2v) is 6.77. The van der Waals surface area contributed by atoms with Crippen molar-refractivity contribution >= 4 is 11.6 Å². The summed E-state index contributed by atoms with van der Waals surface area (Å²) in [6, 6.07) is 2.69. The number of amides is 1. The van der Waals surface area contributed by atoms with Gasteiger partial charge >= 0.3 is 6.18 Å². The van der Waals surface area contributed by atoms with Gasteiger partial charge in [-0.15, -0.1) is 6.42 Å². The van der Waals surface area contributed by atoms with Crippen LogP contribution in [0.3, 0.4) is 0 Å². The number of carbonyl (C=O) groups is 1. The molecule has 9 nitrogen and oxygen atoms in total. The van der Waals surface area contributed by atoms with E-state index in [2.05, 4.69) is 30.9 Å². The Labute approximate surface area is 183 Å². The number of nitrogens with zero attached hydrogens (tertiary/aromatic N) is 4. The Morgan fingerprint density at radius 1 is 1.36 bits per heavy atom. The maximum Gasteiger partial charge on any atom is 0.437 e. The van der Waals surface area contributed by atoms with Crippen LogP contribution in [0.1, 0.15) is 21.6 Å². The number of rotatable bonds is 5. The standard InChI is InChI=1S/C21H14F3N5O4/c1-3-4-25-19(31)16-11(2)7-12(8-15(16)30)33-20-18-27-9-14(29(18)6-5-26-20)13-10-32-28-17(13)21(22,23)24/h1,5-10,30H,4H2,2H3,(H,25,31). The molecule has 0 spiro atoms. The zero-order chi connectivity index (χ0) is 23.8. The van der Waals surface area contributed by atoms with Gasteiger partial charge in [-0.05, 0) is 18.6 Å². The minimum Gasteiger partial charge on any atom is -0.507 e. The highest BCUT2D eigenvalue weighted by Gasteiger charge is 2.38. The molecule has 1 amide bonds. The summed E-state index contributed by atoms with van der Waals surface area (Å²) in [6.07, 6.45) is 5.19. The Kier molecular flexibility index (Phi) is 5.39. The smallest absolute Gasteiger partial charge is 0.437 e. The number of nitrogens with one attached hydrogen (secondary N) is 1. The van der Waals surface area contributed by atoms with Crippen LogP contribution in [0.5, 0.6) is 17.4 Å². The fraction of sp³-hybridized carbons (Fsp3) is 0.143. The molecule has 33 heavy (non-hydrogen) atoms. The number of alkyl halides is 3. The van der Waals surface area contributed by atoms with Crippen LogP contribution in [-0.4, -0.2) is 37.1 Å². The predicted molar refractivity (Wildman–Crippen MR) is 108 cm³/mol. The highest BCUT2D eigenvalue weighted by atomic mass is 19.4. The maximum absolute atomic E-state index is 13.2. The number of phenols is 1. The molecule has 2 N–H and O–H groups in total. The van der Waals surface area contributed by atoms with E-state index in [-0.39, 0.29) is 46.4 Å². The monoisotopic (exact) mass is 457 g/mol. The van der Waals surface area contributed by atoms with Gasteiger partial charge in [0.1, 0.15) is 17.8 Å². The van der Waals surface area contributed by atoms with Crippen molar-refractivity contribution in [2.24, 2.45) is 0 Å². The van der Waals surface area contributed by atoms with Crippen LogP contribution in [0.2, 0.25) is 0 Å². The minimum absolute atomic E-state index is 0.00761. The normalized spacial score (nSPS) is 11.4. The van der Waals surface area contributed by atoms with Gasteiger partial charge in [0.05, 0.1) is 29.6 Å². The van der Waals surface area contributed by atoms with Gasteiger partial charge in [0, 0.05) is 18.5 Å². The highest BCUT2D eigenvalue weighted by Crippen LogP contribution is 2.37. The quantitative estimate of drug-likeness (QED) is 0.440. The van der Waals surface area contributed by atoms with Gasteiger partial charge in [-0.2, -0.15) is 13.2 Å². The largest absolute Gasteiger partial charge is 0.507 e. The maximum atomic E-state index is 13.2. The van der Waals surface area contributed by atoms with E-state index >= 15 is 0 Å². The molecule has 0 atom stereocenters. The van der Waals surface area contributed by atoms with E-state index in [1.165, 1.54) is 35.1 Å². The lowest BCUT2D eigenvalue weighted by molar-refractivity contribution is -0.142. The molecule has 4 rings (SSSR count). The average Bonchev–Trinajstić information content (AvgIpc) is 3.39. The molecule has 0 bridgehead atoms. The number of halogens is 3. The molecule has 0 aliphatic heterocycles. The van der Waals surface area contributed by atoms with E-state index in [0.29, 0.717) is 5.56 Å². The van der Waals surface area contributed by atoms with Crippen LogP contribution >= 0.6 is 0 Å². The summed E-state index contributed by atoms with van der Waals surface area (Å²) in [5, 5.41) is 15.8. The summed E-state index contributed by atoms with van der Waals surface area (Å²) in [5.41, 5.74) is -0.903. The Hall–Kier alpha value is -4.53. The van der Waals surface area contributed by atoms with Gasteiger partial charge in [0.2, 0.25) is 5.65 Å². The third-order valence-electron chi connectivity index (χ3n) is 4.59. The molecule has 0 aliphatic carbocycles. The summed E-state index contributed by atoms with van der Waals surface area (Å²) >= 11 is 0. The number of ether oxygens (including phenoxy) is 1. The number of aromatic hydroxyl groups is 1. The molecule has 0 saturated heterocycles. The molecule has 12 heteroatoms. The van der Waals surface area contributed by atoms with Crippen molar-refractivity contribution in [2.45, 2.75) is 13.1 Å². The number of fused-ring (bicyclic) bond motifs is 1. The first-order valence-electron chi connectivity index (χ1n) is 9.27. The number of phenolic OH excluding ortho intramolecular Hbond substituents is 1. The molecule has 4 aromatic rings. The number of imidazole rings is 1. The van der Waals surface area contributed by atoms with Crippen LogP contribution in [-0.2, 0) is 6.18 Å². The summed E-state index contributed by atoms with van der Waals surface area (Å²) in [7, 11) is 0. The third kappa shape index (κ3) is 4.03. The number of hydrogen-bond donors (Lipinski definition) is 2. The van der Waals surface area contributed by atoms with Crippen LogP contribution in [0.25, 0.3) is 16.9 Å². The fourth-order valence-corrected chi connectivity index (χ4v) is 3.21. The number of benzene rings is 1. The van der Waals surface area contributed by atoms with Crippen molar-refractivity contribution < 1.29 is 32.3 Å². The number of aromatic nitrogens is 4. The van der Waals surface area contributed by atoms with Crippen molar-refractivity contribution in [1.82, 2.24) is 24.8 Å². The molecular formula is C21H14F3N5O4. The molecule has 1 aromatic carbocycles. The van der Waals surface area contributed by atoms with Crippen molar-refractivity contribution in [3.05, 3.63) is 53.8 Å². The first-order chi connectivity index (χ1) is 15.7. The fourth-order valence-electron chi connectivity index (χ4n) is 3.21. The highest BCUT2D eigenvalue weighted by molar-refractivity contribution is 5.98. The van der Waals surface area contributed by atoms with E-state index in [4.69, 9.17) is 11.2 Å². The van der Waals surface area contributed by atoms with Crippen LogP contribution in [0.15, 0.2) is 41.5 Å². The summed E-state index contributed by atoms with van der Waals surface area (Å²) < 4.78 is 51.2. The lowest BCUT2D eigenvalue weighted by Crippen LogP contribution is -2.24. The van der Waals surface area contributed by atoms with Gasteiger partial charge in [-0.1, -0.05) is 11.1 Å². The Bertz CT molecular complexity index is 1380. The SMILES string of the molecule is C#CCNC(=O)c1c(C)cc(Oc2nccn3c(-c4conc4C(F)(F)F)cnc23)cc1O. The number of hydrogen-bond acceptors (Lipinski definition) is 7. The van der Waals surface area contributed by atoms with E-state index < -0.39 is 17.8 Å². The molecule has 0 unspecified atom stereocenters. The Morgan fingerprint density at radius 3 is 2.85 bits per heavy atom. The molecule has 3 aromatic heterocycles. The van der Waals surface area contributed by atoms with Gasteiger partial charge in [-0.25, -0.2) is 9.97 Å². The predicted octanol–water partition coefficient (Wildman–Crippen LogP) is 3.57. The first kappa shape index (κ1) is 21.7. The lowest BCUT2D eigenvalue weighted by Gasteiger charge is -2.12. The van der Waals surface area contributed by atoms with Gasteiger partial charge in [0.15, 0.2) is 5.69 Å². The van der Waals surface area contributed by atoms with E-state index in [1.54, 1.807) is 6.92 Å². The number of aryl methyl sites for hydroxylation is 1. The Morgan fingerprint density at radius 2 is 2.15 bits per heavy atom. The summed E-state index contributed by atoms with van der Waals surface area (Å²) in [4.78, 5) is 20.4. The van der Waals surface area contributed by atoms with Crippen LogP contribution in [0, 0.1) is 19.3 Å². The van der Waals surface area contributed by atoms with E-state index in [9.17, 15) is 23.1 Å². The molecular weight excluding hydrogens is 443 g/mol. The minimum atomic E-state index is -4.72. The van der Waals surface area contributed by atoms with Crippen molar-refractivity contribution in [1.29, 1.82) is 0 Å². The second kappa shape index (κ2) is 8.19. The molecule has 0 saturated carbocycles. The number of carbonyl (C=O) groups excluding carboxylic acids is 1. The third-order valence-corrected chi connectivity index (χ3v) is 4.59. The zero-order valence-electron chi connectivity index (χ0n) is 16.8. The van der Waals surface area contributed by atoms with Crippen molar-refractivity contribution in [3.8, 4) is 41.0 Å². The Balaban J connectivity index is 1.70. The molecule has 3 heterocycles. The van der Waals surface area contributed by atoms with Crippen LogP contribution in [0.4, 0.5) is 13.2 Å².